The van der Waals surface area contributed by atoms with Crippen LogP contribution in [-0.4, -0.2) is 54.2 Å². The fraction of sp³-hybridized carbons (Fsp3) is 0.350. The second-order valence-electron chi connectivity index (χ2n) is 6.61. The summed E-state index contributed by atoms with van der Waals surface area (Å²) in [6.45, 7) is 1.96. The van der Waals surface area contributed by atoms with Gasteiger partial charge in [-0.1, -0.05) is 36.4 Å². The number of nitrogens with zero attached hydrogens (tertiary/aromatic N) is 1. The van der Waals surface area contributed by atoms with Crippen molar-refractivity contribution >= 4 is 16.0 Å². The Hall–Kier alpha value is -2.42. The molecule has 8 heteroatoms. The molecule has 2 unspecified atom stereocenters. The molecule has 1 saturated heterocycles. The van der Waals surface area contributed by atoms with Gasteiger partial charge in [-0.15, -0.1) is 0 Å². The zero-order valence-electron chi connectivity index (χ0n) is 15.5. The molecule has 1 aliphatic rings. The number of hydrogen-bond acceptors (Lipinski definition) is 5. The van der Waals surface area contributed by atoms with Crippen molar-refractivity contribution in [3.63, 3.8) is 0 Å². The van der Waals surface area contributed by atoms with Gasteiger partial charge in [0.05, 0.1) is 12.7 Å². The Kier molecular flexibility index (Phi) is 6.02. The first kappa shape index (κ1) is 20.3. The molecule has 0 spiro atoms. The molecule has 2 aromatic carbocycles. The third-order valence-electron chi connectivity index (χ3n) is 4.75. The smallest absolute Gasteiger partial charge is 0.322 e. The highest BCUT2D eigenvalue weighted by molar-refractivity contribution is 7.89. The average Bonchev–Trinajstić information content (AvgIpc) is 2.68. The van der Waals surface area contributed by atoms with E-state index < -0.39 is 28.1 Å². The SMILES string of the molecule is CCOc1cc(-c2ccccc2)ccc1S(=O)(=O)N1CCC(O)CC1C(=O)O. The fourth-order valence-corrected chi connectivity index (χ4v) is 5.08. The summed E-state index contributed by atoms with van der Waals surface area (Å²) in [5, 5.41) is 19.2. The summed E-state index contributed by atoms with van der Waals surface area (Å²) in [5.74, 6) is -1.10. The summed E-state index contributed by atoms with van der Waals surface area (Å²) in [4.78, 5) is 11.5. The zero-order chi connectivity index (χ0) is 20.3. The van der Waals surface area contributed by atoms with E-state index >= 15 is 0 Å². The number of sulfonamides is 1. The second kappa shape index (κ2) is 8.30. The Bertz CT molecular complexity index is 944. The van der Waals surface area contributed by atoms with Gasteiger partial charge in [-0.05, 0) is 36.6 Å². The van der Waals surface area contributed by atoms with Gasteiger partial charge in [0.15, 0.2) is 0 Å². The third-order valence-corrected chi connectivity index (χ3v) is 6.70. The van der Waals surface area contributed by atoms with Crippen molar-refractivity contribution in [3.8, 4) is 16.9 Å². The molecule has 1 aliphatic heterocycles. The molecule has 0 aliphatic carbocycles. The van der Waals surface area contributed by atoms with Gasteiger partial charge in [0.25, 0.3) is 0 Å². The highest BCUT2D eigenvalue weighted by atomic mass is 32.2. The first-order valence-electron chi connectivity index (χ1n) is 9.09. The minimum atomic E-state index is -4.12. The summed E-state index contributed by atoms with van der Waals surface area (Å²) < 4.78 is 33.0. The lowest BCUT2D eigenvalue weighted by molar-refractivity contribution is -0.143. The lowest BCUT2D eigenvalue weighted by atomic mass is 10.0. The highest BCUT2D eigenvalue weighted by Crippen LogP contribution is 2.34. The minimum Gasteiger partial charge on any atom is -0.492 e. The number of carboxylic acids is 1. The number of carboxylic acid groups (broad SMARTS) is 1. The molecule has 1 fully saturated rings. The van der Waals surface area contributed by atoms with Crippen molar-refractivity contribution in [2.45, 2.75) is 36.8 Å². The van der Waals surface area contributed by atoms with Gasteiger partial charge in [0.2, 0.25) is 10.0 Å². The van der Waals surface area contributed by atoms with Crippen molar-refractivity contribution in [3.05, 3.63) is 48.5 Å². The lowest BCUT2D eigenvalue weighted by Gasteiger charge is -2.34. The predicted octanol–water partition coefficient (Wildman–Crippen LogP) is 2.35. The Morgan fingerprint density at radius 2 is 1.89 bits per heavy atom. The molecule has 0 bridgehead atoms. The van der Waals surface area contributed by atoms with Gasteiger partial charge < -0.3 is 14.9 Å². The van der Waals surface area contributed by atoms with Crippen LogP contribution in [0.25, 0.3) is 11.1 Å². The van der Waals surface area contributed by atoms with E-state index in [1.807, 2.05) is 30.3 Å². The van der Waals surface area contributed by atoms with E-state index in [-0.39, 0.29) is 36.6 Å². The molecule has 0 saturated carbocycles. The number of rotatable bonds is 6. The molecule has 28 heavy (non-hydrogen) atoms. The van der Waals surface area contributed by atoms with E-state index in [9.17, 15) is 23.4 Å². The number of ether oxygens (including phenoxy) is 1. The number of aliphatic hydroxyl groups is 1. The number of aliphatic carboxylic acids is 1. The van der Waals surface area contributed by atoms with E-state index in [0.717, 1.165) is 15.4 Å². The number of carbonyl (C=O) groups is 1. The quantitative estimate of drug-likeness (QED) is 0.765. The molecule has 7 nitrogen and oxygen atoms in total. The van der Waals surface area contributed by atoms with E-state index in [0.29, 0.717) is 0 Å². The summed E-state index contributed by atoms with van der Waals surface area (Å²) in [7, 11) is -4.12. The predicted molar refractivity (Wildman–Crippen MR) is 104 cm³/mol. The molecule has 2 atom stereocenters. The minimum absolute atomic E-state index is 0.0630. The standard InChI is InChI=1S/C20H23NO6S/c1-2-27-18-12-15(14-6-4-3-5-7-14)8-9-19(18)28(25,26)21-11-10-16(22)13-17(21)20(23)24/h3-9,12,16-17,22H,2,10-11,13H2,1H3,(H,23,24). The first-order chi connectivity index (χ1) is 13.3. The van der Waals surface area contributed by atoms with Crippen molar-refractivity contribution < 1.29 is 28.2 Å². The van der Waals surface area contributed by atoms with Crippen LogP contribution in [0.1, 0.15) is 19.8 Å². The maximum absolute atomic E-state index is 13.3. The Morgan fingerprint density at radius 1 is 1.18 bits per heavy atom. The molecular formula is C20H23NO6S. The lowest BCUT2D eigenvalue weighted by Crippen LogP contribution is -2.51. The van der Waals surface area contributed by atoms with Crippen LogP contribution >= 0.6 is 0 Å². The van der Waals surface area contributed by atoms with Crippen molar-refractivity contribution in [2.24, 2.45) is 0 Å². The van der Waals surface area contributed by atoms with Gasteiger partial charge in [-0.2, -0.15) is 4.31 Å². The number of piperidine rings is 1. The normalized spacial score (nSPS) is 20.6. The second-order valence-corrected chi connectivity index (χ2v) is 8.47. The van der Waals surface area contributed by atoms with Crippen LogP contribution in [0.5, 0.6) is 5.75 Å². The van der Waals surface area contributed by atoms with Crippen molar-refractivity contribution in [1.82, 2.24) is 4.31 Å². The van der Waals surface area contributed by atoms with Gasteiger partial charge in [0.1, 0.15) is 16.7 Å². The molecule has 1 heterocycles. The first-order valence-corrected chi connectivity index (χ1v) is 10.5. The molecule has 2 aromatic rings. The van der Waals surface area contributed by atoms with Crippen LogP contribution in [0.2, 0.25) is 0 Å². The summed E-state index contributed by atoms with van der Waals surface area (Å²) in [6, 6.07) is 13.0. The molecule has 0 amide bonds. The van der Waals surface area contributed by atoms with Crippen LogP contribution in [0.3, 0.4) is 0 Å². The van der Waals surface area contributed by atoms with E-state index in [4.69, 9.17) is 4.74 Å². The van der Waals surface area contributed by atoms with Crippen molar-refractivity contribution in [2.75, 3.05) is 13.2 Å². The van der Waals surface area contributed by atoms with E-state index in [1.165, 1.54) is 6.07 Å². The van der Waals surface area contributed by atoms with E-state index in [1.54, 1.807) is 19.1 Å². The fourth-order valence-electron chi connectivity index (χ4n) is 3.36. The number of hydrogen-bond donors (Lipinski definition) is 2. The summed E-state index contributed by atoms with van der Waals surface area (Å²) in [5.41, 5.74) is 1.71. The summed E-state index contributed by atoms with van der Waals surface area (Å²) >= 11 is 0. The van der Waals surface area contributed by atoms with Crippen LogP contribution in [0.4, 0.5) is 0 Å². The maximum Gasteiger partial charge on any atom is 0.322 e. The van der Waals surface area contributed by atoms with Crippen LogP contribution in [0, 0.1) is 0 Å². The molecule has 0 aromatic heterocycles. The Balaban J connectivity index is 2.04. The average molecular weight is 405 g/mol. The molecule has 0 radical (unpaired) electrons. The number of aliphatic hydroxyl groups excluding tert-OH is 1. The third kappa shape index (κ3) is 4.04. The van der Waals surface area contributed by atoms with Gasteiger partial charge >= 0.3 is 5.97 Å². The van der Waals surface area contributed by atoms with Gasteiger partial charge in [0, 0.05) is 13.0 Å². The monoisotopic (exact) mass is 405 g/mol. The van der Waals surface area contributed by atoms with Gasteiger partial charge in [-0.3, -0.25) is 4.79 Å². The van der Waals surface area contributed by atoms with Crippen LogP contribution in [-0.2, 0) is 14.8 Å². The summed E-state index contributed by atoms with van der Waals surface area (Å²) in [6.07, 6.45) is -0.783. The Labute approximate surface area is 164 Å². The Morgan fingerprint density at radius 3 is 2.54 bits per heavy atom. The topological polar surface area (TPSA) is 104 Å². The van der Waals surface area contributed by atoms with Crippen LogP contribution in [0.15, 0.2) is 53.4 Å². The van der Waals surface area contributed by atoms with Crippen LogP contribution < -0.4 is 4.74 Å². The molecule has 150 valence electrons. The van der Waals surface area contributed by atoms with Gasteiger partial charge in [-0.25, -0.2) is 8.42 Å². The zero-order valence-corrected chi connectivity index (χ0v) is 16.3. The molecular weight excluding hydrogens is 382 g/mol. The largest absolute Gasteiger partial charge is 0.492 e. The molecule has 3 rings (SSSR count). The maximum atomic E-state index is 13.3. The van der Waals surface area contributed by atoms with E-state index in [2.05, 4.69) is 0 Å². The van der Waals surface area contributed by atoms with Crippen molar-refractivity contribution in [1.29, 1.82) is 0 Å². The number of benzene rings is 2. The highest BCUT2D eigenvalue weighted by Gasteiger charge is 2.41. The molecule has 2 N–H and O–H groups in total.